The molecule has 2 N–H and O–H groups in total. The van der Waals surface area contributed by atoms with Gasteiger partial charge in [-0.15, -0.1) is 0 Å². The molecule has 2 aromatic carbocycles. The van der Waals surface area contributed by atoms with Crippen molar-refractivity contribution in [1.82, 2.24) is 4.57 Å². The van der Waals surface area contributed by atoms with Gasteiger partial charge in [-0.05, 0) is 29.8 Å². The average Bonchev–Trinajstić information content (AvgIpc) is 2.95. The van der Waals surface area contributed by atoms with E-state index >= 15 is 0 Å². The van der Waals surface area contributed by atoms with Gasteiger partial charge in [0.1, 0.15) is 11.6 Å². The highest BCUT2D eigenvalue weighted by Gasteiger charge is 2.22. The van der Waals surface area contributed by atoms with Crippen molar-refractivity contribution in [2.75, 3.05) is 7.11 Å². The fourth-order valence-electron chi connectivity index (χ4n) is 2.99. The van der Waals surface area contributed by atoms with E-state index in [9.17, 15) is 17.6 Å². The lowest BCUT2D eigenvalue weighted by Crippen LogP contribution is -2.12. The van der Waals surface area contributed by atoms with Crippen molar-refractivity contribution in [2.45, 2.75) is 11.3 Å². The zero-order valence-electron chi connectivity index (χ0n) is 15.3. The topological polar surface area (TPSA) is 91.4 Å². The maximum Gasteiger partial charge on any atom is 0.238 e. The van der Waals surface area contributed by atoms with Gasteiger partial charge in [-0.1, -0.05) is 24.3 Å². The molecule has 0 saturated carbocycles. The smallest absolute Gasteiger partial charge is 0.238 e. The van der Waals surface area contributed by atoms with Gasteiger partial charge in [0.2, 0.25) is 15.8 Å². The Hall–Kier alpha value is -2.97. The number of methoxy groups -OCH3 is 1. The monoisotopic (exact) mass is 402 g/mol. The summed E-state index contributed by atoms with van der Waals surface area (Å²) in [7, 11) is -0.711. The summed E-state index contributed by atoms with van der Waals surface area (Å²) in [6.45, 7) is 0. The molecule has 146 valence electrons. The molecule has 0 fully saturated rings. The molecule has 1 aromatic heterocycles. The van der Waals surface area contributed by atoms with E-state index < -0.39 is 15.8 Å². The number of ether oxygens (including phenoxy) is 1. The Morgan fingerprint density at radius 3 is 2.39 bits per heavy atom. The lowest BCUT2D eigenvalue weighted by molar-refractivity contribution is 0.102. The molecule has 0 atom stereocenters. The summed E-state index contributed by atoms with van der Waals surface area (Å²) < 4.78 is 44.0. The molecular formula is C20H19FN2O4S. The predicted molar refractivity (Wildman–Crippen MR) is 102 cm³/mol. The van der Waals surface area contributed by atoms with E-state index in [1.165, 1.54) is 29.9 Å². The molecular weight excluding hydrogens is 383 g/mol. The number of primary sulfonamides is 1. The summed E-state index contributed by atoms with van der Waals surface area (Å²) >= 11 is 0. The standard InChI is InChI=1S/C20H19FN2O4S/c1-23-17(11-13-7-9-14(10-8-13)28(22,25)26)16(21)12-18(23)20(24)15-5-3-4-6-19(15)27-2/h3-10,12H,11H2,1-2H3,(H2,22,25,26). The van der Waals surface area contributed by atoms with Crippen LogP contribution in [0.4, 0.5) is 4.39 Å². The average molecular weight is 402 g/mol. The van der Waals surface area contributed by atoms with E-state index in [2.05, 4.69) is 0 Å². The number of rotatable bonds is 6. The van der Waals surface area contributed by atoms with Crippen LogP contribution in [0.5, 0.6) is 5.75 Å². The Morgan fingerprint density at radius 2 is 1.79 bits per heavy atom. The molecule has 0 aliphatic carbocycles. The largest absolute Gasteiger partial charge is 0.496 e. The van der Waals surface area contributed by atoms with Crippen molar-refractivity contribution in [1.29, 1.82) is 0 Å². The van der Waals surface area contributed by atoms with E-state index in [1.54, 1.807) is 43.4 Å². The minimum Gasteiger partial charge on any atom is -0.496 e. The first kappa shape index (κ1) is 19.8. The molecule has 0 radical (unpaired) electrons. The van der Waals surface area contributed by atoms with E-state index in [-0.39, 0.29) is 22.8 Å². The van der Waals surface area contributed by atoms with Gasteiger partial charge < -0.3 is 9.30 Å². The normalized spacial score (nSPS) is 11.4. The summed E-state index contributed by atoms with van der Waals surface area (Å²) in [5, 5.41) is 5.08. The lowest BCUT2D eigenvalue weighted by atomic mass is 10.1. The quantitative estimate of drug-likeness (QED) is 0.642. The fraction of sp³-hybridized carbons (Fsp3) is 0.150. The molecule has 0 aliphatic heterocycles. The van der Waals surface area contributed by atoms with Crippen LogP contribution in [-0.4, -0.2) is 25.9 Å². The van der Waals surface area contributed by atoms with Crippen molar-refractivity contribution in [3.8, 4) is 5.75 Å². The molecule has 8 heteroatoms. The second-order valence-electron chi connectivity index (χ2n) is 6.28. The van der Waals surface area contributed by atoms with Crippen LogP contribution < -0.4 is 9.88 Å². The number of hydrogen-bond acceptors (Lipinski definition) is 4. The van der Waals surface area contributed by atoms with Gasteiger partial charge in [-0.3, -0.25) is 4.79 Å². The van der Waals surface area contributed by atoms with Crippen LogP contribution in [0.15, 0.2) is 59.5 Å². The molecule has 28 heavy (non-hydrogen) atoms. The van der Waals surface area contributed by atoms with Gasteiger partial charge in [0.05, 0.1) is 29.0 Å². The number of carbonyl (C=O) groups excluding carboxylic acids is 1. The van der Waals surface area contributed by atoms with Gasteiger partial charge in [0.25, 0.3) is 0 Å². The maximum absolute atomic E-state index is 14.6. The zero-order valence-corrected chi connectivity index (χ0v) is 16.2. The van der Waals surface area contributed by atoms with Crippen LogP contribution in [0.3, 0.4) is 0 Å². The SMILES string of the molecule is COc1ccccc1C(=O)c1cc(F)c(Cc2ccc(S(N)(=O)=O)cc2)n1C. The number of para-hydroxylation sites is 1. The number of benzene rings is 2. The number of hydrogen-bond donors (Lipinski definition) is 1. The Labute approximate surface area is 162 Å². The molecule has 0 bridgehead atoms. The van der Waals surface area contributed by atoms with E-state index in [0.29, 0.717) is 22.6 Å². The highest BCUT2D eigenvalue weighted by Crippen LogP contribution is 2.24. The predicted octanol–water partition coefficient (Wildman–Crippen LogP) is 2.64. The van der Waals surface area contributed by atoms with Crippen LogP contribution in [0, 0.1) is 5.82 Å². The molecule has 3 aromatic rings. The summed E-state index contributed by atoms with van der Waals surface area (Å²) in [6, 6.07) is 13.8. The number of aromatic nitrogens is 1. The van der Waals surface area contributed by atoms with Crippen LogP contribution >= 0.6 is 0 Å². The van der Waals surface area contributed by atoms with Crippen LogP contribution in [0.2, 0.25) is 0 Å². The number of halogens is 1. The second kappa shape index (κ2) is 7.57. The fourth-order valence-corrected chi connectivity index (χ4v) is 3.50. The summed E-state index contributed by atoms with van der Waals surface area (Å²) in [5.74, 6) is -0.458. The Balaban J connectivity index is 1.93. The summed E-state index contributed by atoms with van der Waals surface area (Å²) in [5.41, 5.74) is 1.53. The van der Waals surface area contributed by atoms with Crippen molar-refractivity contribution in [2.24, 2.45) is 12.2 Å². The molecule has 6 nitrogen and oxygen atoms in total. The number of ketones is 1. The highest BCUT2D eigenvalue weighted by molar-refractivity contribution is 7.89. The molecule has 1 heterocycles. The first-order chi connectivity index (χ1) is 13.2. The summed E-state index contributed by atoms with van der Waals surface area (Å²) in [4.78, 5) is 12.9. The van der Waals surface area contributed by atoms with Gasteiger partial charge in [0.15, 0.2) is 0 Å². The van der Waals surface area contributed by atoms with Gasteiger partial charge >= 0.3 is 0 Å². The number of carbonyl (C=O) groups is 1. The third kappa shape index (κ3) is 3.83. The van der Waals surface area contributed by atoms with Crippen LogP contribution in [0.25, 0.3) is 0 Å². The first-order valence-electron chi connectivity index (χ1n) is 8.36. The molecule has 3 rings (SSSR count). The zero-order chi connectivity index (χ0) is 20.5. The number of nitrogens with two attached hydrogens (primary N) is 1. The van der Waals surface area contributed by atoms with Crippen molar-refractivity contribution >= 4 is 15.8 Å². The van der Waals surface area contributed by atoms with Crippen molar-refractivity contribution in [3.05, 3.63) is 82.9 Å². The molecule has 0 unspecified atom stereocenters. The minimum absolute atomic E-state index is 0.0179. The van der Waals surface area contributed by atoms with Crippen LogP contribution in [-0.2, 0) is 23.5 Å². The maximum atomic E-state index is 14.6. The second-order valence-corrected chi connectivity index (χ2v) is 7.84. The minimum atomic E-state index is -3.79. The first-order valence-corrected chi connectivity index (χ1v) is 9.90. The molecule has 0 saturated heterocycles. The third-order valence-electron chi connectivity index (χ3n) is 4.51. The number of sulfonamides is 1. The molecule has 0 amide bonds. The van der Waals surface area contributed by atoms with Gasteiger partial charge in [0, 0.05) is 19.5 Å². The molecule has 0 spiro atoms. The lowest BCUT2D eigenvalue weighted by Gasteiger charge is -2.10. The third-order valence-corrected chi connectivity index (χ3v) is 5.44. The molecule has 0 aliphatic rings. The van der Waals surface area contributed by atoms with E-state index in [0.717, 1.165) is 0 Å². The van der Waals surface area contributed by atoms with Gasteiger partial charge in [-0.2, -0.15) is 0 Å². The van der Waals surface area contributed by atoms with Crippen molar-refractivity contribution < 1.29 is 22.3 Å². The Kier molecular flexibility index (Phi) is 5.35. The van der Waals surface area contributed by atoms with E-state index in [1.807, 2.05) is 0 Å². The number of nitrogens with zero attached hydrogens (tertiary/aromatic N) is 1. The Morgan fingerprint density at radius 1 is 1.14 bits per heavy atom. The van der Waals surface area contributed by atoms with Crippen molar-refractivity contribution in [3.63, 3.8) is 0 Å². The Bertz CT molecular complexity index is 1140. The van der Waals surface area contributed by atoms with Crippen LogP contribution in [0.1, 0.15) is 27.3 Å². The summed E-state index contributed by atoms with van der Waals surface area (Å²) in [6.07, 6.45) is 0.187. The van der Waals surface area contributed by atoms with E-state index in [4.69, 9.17) is 9.88 Å². The van der Waals surface area contributed by atoms with Gasteiger partial charge in [-0.25, -0.2) is 17.9 Å². The highest BCUT2D eigenvalue weighted by atomic mass is 32.2.